The molecule has 0 aliphatic heterocycles. The fraction of sp³-hybridized carbons (Fsp3) is 0.250. The molecule has 4 rings (SSSR count). The average molecular weight is 489 g/mol. The first-order valence-electron chi connectivity index (χ1n) is 7.08. The molecule has 0 amide bonds. The zero-order valence-electron chi connectivity index (χ0n) is 11.6. The van der Waals surface area contributed by atoms with Crippen molar-refractivity contribution >= 4 is 61.2 Å². The number of aromatic nitrogens is 3. The largest absolute Gasteiger partial charge is 0.258 e. The topological polar surface area (TPSA) is 30.7 Å². The molecule has 1 aliphatic rings. The maximum absolute atomic E-state index is 6.47. The first-order valence-corrected chi connectivity index (χ1v) is 9.33. The molecule has 1 saturated carbocycles. The summed E-state index contributed by atoms with van der Waals surface area (Å²) < 4.78 is 3.88. The minimum Gasteiger partial charge on any atom is -0.258 e. The molecular weight excluding hydrogens is 476 g/mol. The van der Waals surface area contributed by atoms with Crippen LogP contribution in [0.25, 0.3) is 11.0 Å². The van der Waals surface area contributed by atoms with Crippen molar-refractivity contribution in [1.82, 2.24) is 14.8 Å². The molecule has 2 aromatic heterocycles. The van der Waals surface area contributed by atoms with Crippen molar-refractivity contribution < 1.29 is 0 Å². The van der Waals surface area contributed by atoms with Crippen LogP contribution in [0.2, 0.25) is 5.02 Å². The van der Waals surface area contributed by atoms with Crippen LogP contribution in [0.5, 0.6) is 0 Å². The zero-order chi connectivity index (χ0) is 15.3. The fourth-order valence-electron chi connectivity index (χ4n) is 2.78. The third-order valence-corrected chi connectivity index (χ3v) is 5.51. The van der Waals surface area contributed by atoms with E-state index >= 15 is 0 Å². The molecule has 0 unspecified atom stereocenters. The van der Waals surface area contributed by atoms with Gasteiger partial charge in [-0.1, -0.05) is 23.7 Å². The summed E-state index contributed by atoms with van der Waals surface area (Å²) in [6.07, 6.45) is 4.33. The summed E-state index contributed by atoms with van der Waals surface area (Å²) >= 11 is 12.2. The molecule has 1 aliphatic carbocycles. The standard InChI is InChI=1S/C16H12BrClIN3/c17-10-6-14-15(20-7-10)16(19)21-22(14)8-12-11(9-4-5-9)2-1-3-13(12)18/h1-3,6-7,9H,4-5,8H2. The van der Waals surface area contributed by atoms with Crippen LogP contribution in [0.1, 0.15) is 29.9 Å². The molecule has 6 heteroatoms. The van der Waals surface area contributed by atoms with Crippen molar-refractivity contribution in [3.63, 3.8) is 0 Å². The molecule has 1 aromatic carbocycles. The van der Waals surface area contributed by atoms with Gasteiger partial charge in [-0.3, -0.25) is 9.67 Å². The highest BCUT2D eigenvalue weighted by Gasteiger charge is 2.27. The van der Waals surface area contributed by atoms with Gasteiger partial charge in [0.25, 0.3) is 0 Å². The van der Waals surface area contributed by atoms with Crippen LogP contribution in [-0.2, 0) is 6.54 Å². The van der Waals surface area contributed by atoms with Gasteiger partial charge in [0, 0.05) is 15.7 Å². The minimum atomic E-state index is 0.666. The lowest BCUT2D eigenvalue weighted by Crippen LogP contribution is -2.05. The third-order valence-electron chi connectivity index (χ3n) is 4.00. The predicted octanol–water partition coefficient (Wildman–Crippen LogP) is 5.38. The molecule has 0 atom stereocenters. The van der Waals surface area contributed by atoms with Crippen molar-refractivity contribution in [1.29, 1.82) is 0 Å². The summed E-state index contributed by atoms with van der Waals surface area (Å²) in [5.41, 5.74) is 4.52. The number of halogens is 3. The lowest BCUT2D eigenvalue weighted by Gasteiger charge is -2.12. The zero-order valence-corrected chi connectivity index (χ0v) is 16.1. The van der Waals surface area contributed by atoms with E-state index in [9.17, 15) is 0 Å². The number of benzene rings is 1. The quantitative estimate of drug-likeness (QED) is 0.464. The van der Waals surface area contributed by atoms with E-state index < -0.39 is 0 Å². The molecule has 0 N–H and O–H groups in total. The van der Waals surface area contributed by atoms with Crippen molar-refractivity contribution in [3.8, 4) is 0 Å². The summed E-state index contributed by atoms with van der Waals surface area (Å²) in [7, 11) is 0. The molecule has 0 saturated heterocycles. The number of fused-ring (bicyclic) bond motifs is 1. The molecule has 0 bridgehead atoms. The van der Waals surface area contributed by atoms with Crippen LogP contribution < -0.4 is 0 Å². The monoisotopic (exact) mass is 487 g/mol. The number of hydrogen-bond acceptors (Lipinski definition) is 2. The van der Waals surface area contributed by atoms with Gasteiger partial charge in [-0.25, -0.2) is 0 Å². The Morgan fingerprint density at radius 3 is 2.95 bits per heavy atom. The van der Waals surface area contributed by atoms with Crippen LogP contribution in [0, 0.1) is 3.70 Å². The average Bonchev–Trinajstić information content (AvgIpc) is 3.28. The van der Waals surface area contributed by atoms with Crippen molar-refractivity contribution in [3.05, 3.63) is 54.8 Å². The van der Waals surface area contributed by atoms with E-state index in [-0.39, 0.29) is 0 Å². The maximum Gasteiger partial charge on any atom is 0.149 e. The van der Waals surface area contributed by atoms with E-state index in [0.717, 1.165) is 24.2 Å². The highest BCUT2D eigenvalue weighted by molar-refractivity contribution is 14.1. The van der Waals surface area contributed by atoms with Crippen LogP contribution >= 0.6 is 50.1 Å². The van der Waals surface area contributed by atoms with Gasteiger partial charge in [0.2, 0.25) is 0 Å². The molecule has 3 nitrogen and oxygen atoms in total. The lowest BCUT2D eigenvalue weighted by molar-refractivity contribution is 0.699. The Morgan fingerprint density at radius 2 is 2.18 bits per heavy atom. The third kappa shape index (κ3) is 2.67. The normalized spacial score (nSPS) is 14.7. The number of hydrogen-bond donors (Lipinski definition) is 0. The fourth-order valence-corrected chi connectivity index (χ4v) is 4.02. The number of pyridine rings is 1. The lowest BCUT2D eigenvalue weighted by atomic mass is 10.0. The SMILES string of the molecule is Clc1cccc(C2CC2)c1Cn1nc(I)c2ncc(Br)cc21. The minimum absolute atomic E-state index is 0.666. The van der Waals surface area contributed by atoms with Gasteiger partial charge < -0.3 is 0 Å². The summed E-state index contributed by atoms with van der Waals surface area (Å²) in [5.74, 6) is 0.666. The van der Waals surface area contributed by atoms with Crippen molar-refractivity contribution in [2.75, 3.05) is 0 Å². The van der Waals surface area contributed by atoms with Gasteiger partial charge in [0.05, 0.1) is 12.1 Å². The molecule has 0 radical (unpaired) electrons. The smallest absolute Gasteiger partial charge is 0.149 e. The molecule has 112 valence electrons. The molecule has 0 spiro atoms. The van der Waals surface area contributed by atoms with Gasteiger partial charge >= 0.3 is 0 Å². The first-order chi connectivity index (χ1) is 10.6. The molecular formula is C16H12BrClIN3. The summed E-state index contributed by atoms with van der Waals surface area (Å²) in [4.78, 5) is 4.46. The Kier molecular flexibility index (Phi) is 3.90. The van der Waals surface area contributed by atoms with E-state index in [1.807, 2.05) is 23.0 Å². The second-order valence-corrected chi connectivity index (χ2v) is 7.90. The molecule has 2 heterocycles. The Labute approximate surface area is 155 Å². The van der Waals surface area contributed by atoms with E-state index in [4.69, 9.17) is 11.6 Å². The molecule has 1 fully saturated rings. The summed E-state index contributed by atoms with van der Waals surface area (Å²) in [5, 5.41) is 5.47. The van der Waals surface area contributed by atoms with E-state index in [1.165, 1.54) is 24.0 Å². The van der Waals surface area contributed by atoms with Gasteiger partial charge in [-0.15, -0.1) is 0 Å². The Balaban J connectivity index is 1.83. The highest BCUT2D eigenvalue weighted by Crippen LogP contribution is 2.43. The number of nitrogens with zero attached hydrogens (tertiary/aromatic N) is 3. The van der Waals surface area contributed by atoms with Gasteiger partial charge in [0.1, 0.15) is 9.22 Å². The second kappa shape index (κ2) is 5.76. The second-order valence-electron chi connectivity index (χ2n) is 5.55. The molecule has 22 heavy (non-hydrogen) atoms. The van der Waals surface area contributed by atoms with Crippen LogP contribution in [-0.4, -0.2) is 14.8 Å². The van der Waals surface area contributed by atoms with E-state index in [2.05, 4.69) is 60.7 Å². The Hall–Kier alpha value is -0.660. The van der Waals surface area contributed by atoms with Gasteiger partial charge in [-0.05, 0) is 80.5 Å². The van der Waals surface area contributed by atoms with E-state index in [0.29, 0.717) is 12.5 Å². The van der Waals surface area contributed by atoms with Crippen LogP contribution in [0.15, 0.2) is 34.9 Å². The van der Waals surface area contributed by atoms with Gasteiger partial charge in [0.15, 0.2) is 0 Å². The van der Waals surface area contributed by atoms with Crippen LogP contribution in [0.4, 0.5) is 0 Å². The number of rotatable bonds is 3. The van der Waals surface area contributed by atoms with Crippen molar-refractivity contribution in [2.24, 2.45) is 0 Å². The predicted molar refractivity (Wildman–Crippen MR) is 100 cm³/mol. The first kappa shape index (κ1) is 14.9. The van der Waals surface area contributed by atoms with E-state index in [1.54, 1.807) is 0 Å². The van der Waals surface area contributed by atoms with Crippen LogP contribution in [0.3, 0.4) is 0 Å². The Morgan fingerprint density at radius 1 is 1.36 bits per heavy atom. The molecule has 3 aromatic rings. The van der Waals surface area contributed by atoms with Gasteiger partial charge in [-0.2, -0.15) is 5.10 Å². The summed E-state index contributed by atoms with van der Waals surface area (Å²) in [6.45, 7) is 0.684. The van der Waals surface area contributed by atoms with Crippen molar-refractivity contribution in [2.45, 2.75) is 25.3 Å². The maximum atomic E-state index is 6.47. The Bertz CT molecular complexity index is 873. The highest BCUT2D eigenvalue weighted by atomic mass is 127. The summed E-state index contributed by atoms with van der Waals surface area (Å²) in [6, 6.07) is 8.27.